The van der Waals surface area contributed by atoms with Crippen molar-refractivity contribution < 1.29 is 4.79 Å². The summed E-state index contributed by atoms with van der Waals surface area (Å²) in [6.07, 6.45) is 9.78. The Morgan fingerprint density at radius 2 is 2.23 bits per heavy atom. The first-order valence-electron chi connectivity index (χ1n) is 7.93. The fourth-order valence-electron chi connectivity index (χ4n) is 2.99. The highest BCUT2D eigenvalue weighted by Gasteiger charge is 2.15. The summed E-state index contributed by atoms with van der Waals surface area (Å²) in [6.45, 7) is 4.57. The molecule has 0 radical (unpaired) electrons. The predicted molar refractivity (Wildman–Crippen MR) is 86.0 cm³/mol. The minimum Gasteiger partial charge on any atom is -0.352 e. The summed E-state index contributed by atoms with van der Waals surface area (Å²) in [4.78, 5) is 16.8. The van der Waals surface area contributed by atoms with Crippen LogP contribution in [0.5, 0.6) is 0 Å². The average Bonchev–Trinajstić information content (AvgIpc) is 2.92. The molecular formula is C17H22N4O. The molecule has 0 saturated carbocycles. The van der Waals surface area contributed by atoms with E-state index >= 15 is 0 Å². The van der Waals surface area contributed by atoms with Gasteiger partial charge in [-0.25, -0.2) is 9.50 Å². The van der Waals surface area contributed by atoms with Crippen LogP contribution in [0.4, 0.5) is 0 Å². The monoisotopic (exact) mass is 298 g/mol. The van der Waals surface area contributed by atoms with Crippen molar-refractivity contribution in [2.24, 2.45) is 0 Å². The van der Waals surface area contributed by atoms with Crippen molar-refractivity contribution in [3.63, 3.8) is 0 Å². The SMILES string of the molecule is Cc1cc(C)n2ncc(C(=O)NCCC3=CCCCC3)c2n1. The largest absolute Gasteiger partial charge is 0.352 e. The van der Waals surface area contributed by atoms with E-state index in [1.54, 1.807) is 10.7 Å². The smallest absolute Gasteiger partial charge is 0.256 e. The second-order valence-electron chi connectivity index (χ2n) is 5.95. The third-order valence-corrected chi connectivity index (χ3v) is 4.14. The van der Waals surface area contributed by atoms with Gasteiger partial charge in [-0.05, 0) is 52.0 Å². The van der Waals surface area contributed by atoms with Gasteiger partial charge in [0.2, 0.25) is 0 Å². The number of hydrogen-bond donors (Lipinski definition) is 1. The molecule has 0 aliphatic heterocycles. The molecule has 116 valence electrons. The van der Waals surface area contributed by atoms with E-state index in [0.29, 0.717) is 17.8 Å². The molecule has 0 unspecified atom stereocenters. The normalized spacial score (nSPS) is 14.9. The quantitative estimate of drug-likeness (QED) is 0.883. The molecule has 3 rings (SSSR count). The van der Waals surface area contributed by atoms with Crippen molar-refractivity contribution >= 4 is 11.6 Å². The van der Waals surface area contributed by atoms with Crippen molar-refractivity contribution in [1.82, 2.24) is 19.9 Å². The molecule has 0 aromatic carbocycles. The van der Waals surface area contributed by atoms with E-state index in [0.717, 1.165) is 17.8 Å². The molecule has 1 aliphatic rings. The van der Waals surface area contributed by atoms with Crippen LogP contribution in [0, 0.1) is 13.8 Å². The van der Waals surface area contributed by atoms with Gasteiger partial charge in [0, 0.05) is 17.9 Å². The number of carbonyl (C=O) groups excluding carboxylic acids is 1. The second kappa shape index (κ2) is 6.30. The highest BCUT2D eigenvalue weighted by atomic mass is 16.1. The lowest BCUT2D eigenvalue weighted by molar-refractivity contribution is 0.0955. The van der Waals surface area contributed by atoms with Gasteiger partial charge in [0.15, 0.2) is 5.65 Å². The van der Waals surface area contributed by atoms with Gasteiger partial charge in [-0.1, -0.05) is 11.6 Å². The number of nitrogens with zero attached hydrogens (tertiary/aromatic N) is 3. The average molecular weight is 298 g/mol. The second-order valence-corrected chi connectivity index (χ2v) is 5.95. The van der Waals surface area contributed by atoms with Crippen LogP contribution in [-0.4, -0.2) is 27.0 Å². The van der Waals surface area contributed by atoms with E-state index in [2.05, 4.69) is 21.5 Å². The topological polar surface area (TPSA) is 59.3 Å². The molecule has 0 saturated heterocycles. The minimum absolute atomic E-state index is 0.0936. The van der Waals surface area contributed by atoms with E-state index in [1.807, 2.05) is 19.9 Å². The number of hydrogen-bond acceptors (Lipinski definition) is 3. The van der Waals surface area contributed by atoms with Crippen LogP contribution >= 0.6 is 0 Å². The molecule has 5 heteroatoms. The van der Waals surface area contributed by atoms with Gasteiger partial charge in [-0.3, -0.25) is 4.79 Å². The van der Waals surface area contributed by atoms with Gasteiger partial charge in [-0.15, -0.1) is 0 Å². The molecule has 0 fully saturated rings. The molecule has 1 aliphatic carbocycles. The van der Waals surface area contributed by atoms with E-state index in [1.165, 1.54) is 31.3 Å². The molecule has 1 N–H and O–H groups in total. The fourth-order valence-corrected chi connectivity index (χ4v) is 2.99. The first-order valence-corrected chi connectivity index (χ1v) is 7.93. The molecular weight excluding hydrogens is 276 g/mol. The lowest BCUT2D eigenvalue weighted by Crippen LogP contribution is -2.25. The maximum Gasteiger partial charge on any atom is 0.256 e. The van der Waals surface area contributed by atoms with Crippen molar-refractivity contribution in [1.29, 1.82) is 0 Å². The predicted octanol–water partition coefficient (Wildman–Crippen LogP) is 2.97. The summed E-state index contributed by atoms with van der Waals surface area (Å²) in [5.74, 6) is -0.0936. The lowest BCUT2D eigenvalue weighted by atomic mass is 9.97. The van der Waals surface area contributed by atoms with Gasteiger partial charge in [0.25, 0.3) is 5.91 Å². The maximum atomic E-state index is 12.4. The lowest BCUT2D eigenvalue weighted by Gasteiger charge is -2.12. The van der Waals surface area contributed by atoms with Crippen LogP contribution in [0.1, 0.15) is 53.8 Å². The zero-order chi connectivity index (χ0) is 15.5. The first-order chi connectivity index (χ1) is 10.6. The Morgan fingerprint density at radius 3 is 3.00 bits per heavy atom. The Morgan fingerprint density at radius 1 is 1.36 bits per heavy atom. The zero-order valence-electron chi connectivity index (χ0n) is 13.2. The fraction of sp³-hybridized carbons (Fsp3) is 0.471. The molecule has 0 bridgehead atoms. The van der Waals surface area contributed by atoms with E-state index in [4.69, 9.17) is 0 Å². The molecule has 5 nitrogen and oxygen atoms in total. The Balaban J connectivity index is 1.68. The van der Waals surface area contributed by atoms with E-state index in [9.17, 15) is 4.79 Å². The Kier molecular flexibility index (Phi) is 4.22. The Bertz CT molecular complexity index is 730. The van der Waals surface area contributed by atoms with Gasteiger partial charge in [0.05, 0.1) is 6.20 Å². The number of rotatable bonds is 4. The molecule has 0 atom stereocenters. The van der Waals surface area contributed by atoms with Gasteiger partial charge in [0.1, 0.15) is 5.56 Å². The molecule has 1 amide bonds. The minimum atomic E-state index is -0.0936. The third-order valence-electron chi connectivity index (χ3n) is 4.14. The first kappa shape index (κ1) is 14.8. The molecule has 2 heterocycles. The van der Waals surface area contributed by atoms with E-state index < -0.39 is 0 Å². The van der Waals surface area contributed by atoms with Crippen LogP contribution in [0.25, 0.3) is 5.65 Å². The summed E-state index contributed by atoms with van der Waals surface area (Å²) in [5.41, 5.74) is 4.52. The van der Waals surface area contributed by atoms with Crippen LogP contribution < -0.4 is 5.32 Å². The van der Waals surface area contributed by atoms with E-state index in [-0.39, 0.29) is 5.91 Å². The summed E-state index contributed by atoms with van der Waals surface area (Å²) in [5, 5.41) is 7.25. The van der Waals surface area contributed by atoms with Crippen LogP contribution in [0.3, 0.4) is 0 Å². The van der Waals surface area contributed by atoms with Crippen LogP contribution in [-0.2, 0) is 0 Å². The molecule has 0 spiro atoms. The standard InChI is InChI=1S/C17H22N4O/c1-12-10-13(2)21-16(20-12)15(11-19-21)17(22)18-9-8-14-6-4-3-5-7-14/h6,10-11H,3-5,7-9H2,1-2H3,(H,18,22). The summed E-state index contributed by atoms with van der Waals surface area (Å²) in [7, 11) is 0. The molecule has 22 heavy (non-hydrogen) atoms. The van der Waals surface area contributed by atoms with Crippen molar-refractivity contribution in [2.45, 2.75) is 46.0 Å². The van der Waals surface area contributed by atoms with Crippen molar-refractivity contribution in [3.8, 4) is 0 Å². The third kappa shape index (κ3) is 3.03. The van der Waals surface area contributed by atoms with Gasteiger partial charge >= 0.3 is 0 Å². The summed E-state index contributed by atoms with van der Waals surface area (Å²) < 4.78 is 1.71. The van der Waals surface area contributed by atoms with Crippen molar-refractivity contribution in [2.75, 3.05) is 6.54 Å². The number of amides is 1. The molecule has 2 aromatic rings. The Hall–Kier alpha value is -2.17. The number of aromatic nitrogens is 3. The summed E-state index contributed by atoms with van der Waals surface area (Å²) in [6, 6.07) is 1.96. The Labute approximate surface area is 130 Å². The molecule has 2 aromatic heterocycles. The van der Waals surface area contributed by atoms with Gasteiger partial charge in [-0.2, -0.15) is 5.10 Å². The number of fused-ring (bicyclic) bond motifs is 1. The van der Waals surface area contributed by atoms with Crippen LogP contribution in [0.2, 0.25) is 0 Å². The number of nitrogens with one attached hydrogen (secondary N) is 1. The maximum absolute atomic E-state index is 12.4. The number of carbonyl (C=O) groups is 1. The number of allylic oxidation sites excluding steroid dienone is 1. The van der Waals surface area contributed by atoms with Gasteiger partial charge < -0.3 is 5.32 Å². The highest BCUT2D eigenvalue weighted by molar-refractivity contribution is 5.99. The van der Waals surface area contributed by atoms with Crippen molar-refractivity contribution in [3.05, 3.63) is 40.9 Å². The number of aryl methyl sites for hydroxylation is 2. The highest BCUT2D eigenvalue weighted by Crippen LogP contribution is 2.19. The summed E-state index contributed by atoms with van der Waals surface area (Å²) >= 11 is 0. The van der Waals surface area contributed by atoms with Crippen LogP contribution in [0.15, 0.2) is 23.9 Å². The zero-order valence-corrected chi connectivity index (χ0v) is 13.2.